The van der Waals surface area contributed by atoms with Gasteiger partial charge in [-0.3, -0.25) is 4.79 Å². The Labute approximate surface area is 127 Å². The van der Waals surface area contributed by atoms with E-state index in [2.05, 4.69) is 6.07 Å². The van der Waals surface area contributed by atoms with Gasteiger partial charge in [0.25, 0.3) is 0 Å². The zero-order valence-electron chi connectivity index (χ0n) is 12.8. The molecule has 1 aromatic carbocycles. The molecule has 1 amide bonds. The summed E-state index contributed by atoms with van der Waals surface area (Å²) in [6.45, 7) is 0.766. The van der Waals surface area contributed by atoms with Crippen LogP contribution in [0.4, 0.5) is 5.69 Å². The minimum absolute atomic E-state index is 0.0728. The van der Waals surface area contributed by atoms with Crippen molar-refractivity contribution in [2.45, 2.75) is 57.4 Å². The Balaban J connectivity index is 1.63. The van der Waals surface area contributed by atoms with Crippen LogP contribution in [0, 0.1) is 5.92 Å². The van der Waals surface area contributed by atoms with E-state index in [1.54, 1.807) is 0 Å². The molecule has 2 N–H and O–H groups in total. The Morgan fingerprint density at radius 3 is 2.71 bits per heavy atom. The van der Waals surface area contributed by atoms with Gasteiger partial charge in [0.05, 0.1) is 0 Å². The summed E-state index contributed by atoms with van der Waals surface area (Å²) in [7, 11) is 0. The average molecular weight is 286 g/mol. The molecule has 1 heterocycles. The van der Waals surface area contributed by atoms with Crippen LogP contribution in [0.25, 0.3) is 0 Å². The van der Waals surface area contributed by atoms with Crippen molar-refractivity contribution in [1.29, 1.82) is 0 Å². The molecule has 1 aliphatic carbocycles. The lowest BCUT2D eigenvalue weighted by atomic mass is 9.86. The first-order chi connectivity index (χ1) is 10.3. The van der Waals surface area contributed by atoms with E-state index in [1.165, 1.54) is 32.1 Å². The molecule has 1 aliphatic heterocycles. The summed E-state index contributed by atoms with van der Waals surface area (Å²) < 4.78 is 0. The number of amides is 1. The summed E-state index contributed by atoms with van der Waals surface area (Å²) in [5.41, 5.74) is 8.31. The van der Waals surface area contributed by atoms with Gasteiger partial charge < -0.3 is 10.6 Å². The van der Waals surface area contributed by atoms with Gasteiger partial charge in [-0.2, -0.15) is 0 Å². The van der Waals surface area contributed by atoms with Crippen LogP contribution in [0.1, 0.15) is 63.0 Å². The molecule has 21 heavy (non-hydrogen) atoms. The van der Waals surface area contributed by atoms with Gasteiger partial charge in [-0.1, -0.05) is 50.3 Å². The lowest BCUT2D eigenvalue weighted by Crippen LogP contribution is -2.38. The van der Waals surface area contributed by atoms with E-state index in [1.807, 2.05) is 23.1 Å². The van der Waals surface area contributed by atoms with Crippen LogP contribution < -0.4 is 10.6 Å². The molecule has 0 aromatic heterocycles. The van der Waals surface area contributed by atoms with Crippen molar-refractivity contribution in [3.8, 4) is 0 Å². The van der Waals surface area contributed by atoms with Crippen molar-refractivity contribution in [3.63, 3.8) is 0 Å². The van der Waals surface area contributed by atoms with Gasteiger partial charge in [0, 0.05) is 24.7 Å². The zero-order chi connectivity index (χ0) is 14.7. The summed E-state index contributed by atoms with van der Waals surface area (Å²) in [5, 5.41) is 0. The van der Waals surface area contributed by atoms with Gasteiger partial charge in [-0.05, 0) is 30.4 Å². The van der Waals surface area contributed by atoms with Gasteiger partial charge in [-0.15, -0.1) is 0 Å². The number of anilines is 1. The Bertz CT molecular complexity index is 494. The molecule has 1 aromatic rings. The largest absolute Gasteiger partial charge is 0.324 e. The highest BCUT2D eigenvalue weighted by molar-refractivity contribution is 5.94. The average Bonchev–Trinajstić information content (AvgIpc) is 2.54. The molecule has 3 nitrogen and oxygen atoms in total. The van der Waals surface area contributed by atoms with Crippen molar-refractivity contribution in [1.82, 2.24) is 0 Å². The number of carbonyl (C=O) groups is 1. The standard InChI is InChI=1S/C18H26N2O/c19-16-12-13-20(17-9-5-4-8-15(16)17)18(21)11-10-14-6-2-1-3-7-14/h4-5,8-9,14,16H,1-3,6-7,10-13,19H2. The number of carbonyl (C=O) groups excluding carboxylic acids is 1. The molecule has 2 aliphatic rings. The quantitative estimate of drug-likeness (QED) is 0.919. The molecule has 0 bridgehead atoms. The molecule has 3 heteroatoms. The van der Waals surface area contributed by atoms with Crippen molar-refractivity contribution >= 4 is 11.6 Å². The van der Waals surface area contributed by atoms with Crippen LogP contribution >= 0.6 is 0 Å². The smallest absolute Gasteiger partial charge is 0.226 e. The Kier molecular flexibility index (Phi) is 4.59. The van der Waals surface area contributed by atoms with E-state index in [4.69, 9.17) is 5.73 Å². The molecule has 0 saturated heterocycles. The fourth-order valence-electron chi connectivity index (χ4n) is 3.79. The molecular formula is C18H26N2O. The monoisotopic (exact) mass is 286 g/mol. The highest BCUT2D eigenvalue weighted by Crippen LogP contribution is 2.33. The van der Waals surface area contributed by atoms with E-state index in [-0.39, 0.29) is 11.9 Å². The molecule has 1 saturated carbocycles. The van der Waals surface area contributed by atoms with Crippen LogP contribution in [0.5, 0.6) is 0 Å². The summed E-state index contributed by atoms with van der Waals surface area (Å²) in [6, 6.07) is 8.17. The number of hydrogen-bond acceptors (Lipinski definition) is 2. The minimum Gasteiger partial charge on any atom is -0.324 e. The number of para-hydroxylation sites is 1. The van der Waals surface area contributed by atoms with Crippen molar-refractivity contribution in [2.75, 3.05) is 11.4 Å². The summed E-state index contributed by atoms with van der Waals surface area (Å²) in [4.78, 5) is 14.6. The fraction of sp³-hybridized carbons (Fsp3) is 0.611. The maximum atomic E-state index is 12.6. The number of nitrogens with two attached hydrogens (primary N) is 1. The second kappa shape index (κ2) is 6.61. The van der Waals surface area contributed by atoms with Crippen LogP contribution in [0.3, 0.4) is 0 Å². The number of benzene rings is 1. The van der Waals surface area contributed by atoms with Gasteiger partial charge in [0.15, 0.2) is 0 Å². The third-order valence-electron chi connectivity index (χ3n) is 5.08. The van der Waals surface area contributed by atoms with E-state index in [0.29, 0.717) is 6.42 Å². The summed E-state index contributed by atoms with van der Waals surface area (Å²) in [5.74, 6) is 1.05. The van der Waals surface area contributed by atoms with Crippen LogP contribution in [-0.2, 0) is 4.79 Å². The predicted octanol–water partition coefficient (Wildman–Crippen LogP) is 3.78. The third kappa shape index (κ3) is 3.29. The van der Waals surface area contributed by atoms with E-state index >= 15 is 0 Å². The van der Waals surface area contributed by atoms with Gasteiger partial charge in [0.2, 0.25) is 5.91 Å². The molecule has 0 radical (unpaired) electrons. The number of nitrogens with zero attached hydrogens (tertiary/aromatic N) is 1. The summed E-state index contributed by atoms with van der Waals surface area (Å²) >= 11 is 0. The molecule has 1 unspecified atom stereocenters. The molecule has 1 fully saturated rings. The topological polar surface area (TPSA) is 46.3 Å². The first-order valence-electron chi connectivity index (χ1n) is 8.40. The third-order valence-corrected chi connectivity index (χ3v) is 5.08. The first-order valence-corrected chi connectivity index (χ1v) is 8.40. The van der Waals surface area contributed by atoms with Crippen molar-refractivity contribution < 1.29 is 4.79 Å². The summed E-state index contributed by atoms with van der Waals surface area (Å²) in [6.07, 6.45) is 9.32. The maximum Gasteiger partial charge on any atom is 0.226 e. The molecule has 1 atom stereocenters. The normalized spacial score (nSPS) is 22.9. The molecule has 114 valence electrons. The number of hydrogen-bond donors (Lipinski definition) is 1. The van der Waals surface area contributed by atoms with Crippen LogP contribution in [0.2, 0.25) is 0 Å². The zero-order valence-corrected chi connectivity index (χ0v) is 12.8. The van der Waals surface area contributed by atoms with Crippen molar-refractivity contribution in [2.24, 2.45) is 11.7 Å². The van der Waals surface area contributed by atoms with E-state index < -0.39 is 0 Å². The van der Waals surface area contributed by atoms with E-state index in [0.717, 1.165) is 36.6 Å². The van der Waals surface area contributed by atoms with E-state index in [9.17, 15) is 4.79 Å². The van der Waals surface area contributed by atoms with Gasteiger partial charge in [-0.25, -0.2) is 0 Å². The fourth-order valence-corrected chi connectivity index (χ4v) is 3.79. The second-order valence-electron chi connectivity index (χ2n) is 6.54. The molecule has 0 spiro atoms. The second-order valence-corrected chi connectivity index (χ2v) is 6.54. The van der Waals surface area contributed by atoms with Crippen LogP contribution in [-0.4, -0.2) is 12.5 Å². The lowest BCUT2D eigenvalue weighted by molar-refractivity contribution is -0.119. The van der Waals surface area contributed by atoms with Crippen LogP contribution in [0.15, 0.2) is 24.3 Å². The van der Waals surface area contributed by atoms with Gasteiger partial charge in [0.1, 0.15) is 0 Å². The predicted molar refractivity (Wildman–Crippen MR) is 86.1 cm³/mol. The molecule has 3 rings (SSSR count). The Morgan fingerprint density at radius 2 is 1.90 bits per heavy atom. The maximum absolute atomic E-state index is 12.6. The Morgan fingerprint density at radius 1 is 1.14 bits per heavy atom. The highest BCUT2D eigenvalue weighted by Gasteiger charge is 2.26. The lowest BCUT2D eigenvalue weighted by Gasteiger charge is -2.33. The minimum atomic E-state index is 0.0728. The first kappa shape index (κ1) is 14.6. The van der Waals surface area contributed by atoms with Gasteiger partial charge >= 0.3 is 0 Å². The molecular weight excluding hydrogens is 260 g/mol. The van der Waals surface area contributed by atoms with Crippen molar-refractivity contribution in [3.05, 3.63) is 29.8 Å². The highest BCUT2D eigenvalue weighted by atomic mass is 16.2. The SMILES string of the molecule is NC1CCN(C(=O)CCC2CCCCC2)c2ccccc21. The number of fused-ring (bicyclic) bond motifs is 1. The number of rotatable bonds is 3. The Hall–Kier alpha value is -1.35.